The molecule has 1 saturated heterocycles. The maximum atomic E-state index is 12.7. The van der Waals surface area contributed by atoms with E-state index in [1.165, 1.54) is 19.0 Å². The number of carbonyl (C=O) groups is 1. The molecule has 1 amide bonds. The number of carbonyl (C=O) groups excluding carboxylic acids is 1. The van der Waals surface area contributed by atoms with E-state index in [-0.39, 0.29) is 5.91 Å². The van der Waals surface area contributed by atoms with Gasteiger partial charge in [-0.2, -0.15) is 5.10 Å². The Kier molecular flexibility index (Phi) is 7.78. The van der Waals surface area contributed by atoms with Gasteiger partial charge in [-0.05, 0) is 68.4 Å². The molecule has 11 heteroatoms. The third-order valence-electron chi connectivity index (χ3n) is 5.39. The summed E-state index contributed by atoms with van der Waals surface area (Å²) in [6.07, 6.45) is 7.32. The zero-order valence-electron chi connectivity index (χ0n) is 18.9. The van der Waals surface area contributed by atoms with Gasteiger partial charge in [-0.25, -0.2) is 27.2 Å². The van der Waals surface area contributed by atoms with Crippen molar-refractivity contribution in [1.82, 2.24) is 19.3 Å². The highest BCUT2D eigenvalue weighted by Crippen LogP contribution is 2.23. The van der Waals surface area contributed by atoms with Gasteiger partial charge in [-0.15, -0.1) is 0 Å². The quantitative estimate of drug-likeness (QED) is 0.437. The highest BCUT2D eigenvalue weighted by Gasteiger charge is 2.17. The second-order valence-corrected chi connectivity index (χ2v) is 9.08. The van der Waals surface area contributed by atoms with Gasteiger partial charge in [0.05, 0.1) is 29.2 Å². The molecule has 35 heavy (non-hydrogen) atoms. The first kappa shape index (κ1) is 24.4. The second-order valence-electron chi connectivity index (χ2n) is 7.72. The molecule has 5 rings (SSSR count). The number of anilines is 2. The number of fused-ring (bicyclic) bond motifs is 1. The molecule has 1 fully saturated rings. The number of amides is 1. The lowest BCUT2D eigenvalue weighted by atomic mass is 10.2. The number of hydrogen-bond acceptors (Lipinski definition) is 5. The topological polar surface area (TPSA) is 91.6 Å². The van der Waals surface area contributed by atoms with Crippen LogP contribution in [0.25, 0.3) is 5.52 Å². The van der Waals surface area contributed by atoms with Crippen molar-refractivity contribution >= 4 is 33.8 Å². The van der Waals surface area contributed by atoms with Gasteiger partial charge in [0, 0.05) is 25.0 Å². The van der Waals surface area contributed by atoms with Gasteiger partial charge in [0.15, 0.2) is 0 Å². The maximum absolute atomic E-state index is 12.7. The van der Waals surface area contributed by atoms with Crippen LogP contribution in [0.3, 0.4) is 0 Å². The molecule has 4 heterocycles. The van der Waals surface area contributed by atoms with Crippen molar-refractivity contribution in [2.24, 2.45) is 0 Å². The maximum Gasteiger partial charge on any atom is 0.259 e. The molecule has 0 aliphatic carbocycles. The summed E-state index contributed by atoms with van der Waals surface area (Å²) < 4.78 is 39.8. The molecule has 1 aliphatic heterocycles. The zero-order valence-corrected chi connectivity index (χ0v) is 19.8. The number of benzene rings is 1. The van der Waals surface area contributed by atoms with Crippen molar-refractivity contribution in [3.8, 4) is 0 Å². The Hall–Kier alpha value is -3.70. The van der Waals surface area contributed by atoms with Crippen molar-refractivity contribution < 1.29 is 17.8 Å². The number of nitrogens with zero attached hydrogens (tertiary/aromatic N) is 4. The van der Waals surface area contributed by atoms with Crippen LogP contribution in [0.2, 0.25) is 0 Å². The van der Waals surface area contributed by atoms with E-state index in [2.05, 4.69) is 25.0 Å². The Morgan fingerprint density at radius 2 is 1.69 bits per heavy atom. The van der Waals surface area contributed by atoms with E-state index < -0.39 is 22.6 Å². The van der Waals surface area contributed by atoms with Crippen molar-refractivity contribution in [3.05, 3.63) is 84.3 Å². The molecule has 1 atom stereocenters. The minimum absolute atomic E-state index is 0.257. The molecule has 8 nitrogen and oxygen atoms in total. The minimum Gasteiger partial charge on any atom is -0.371 e. The zero-order chi connectivity index (χ0) is 24.8. The lowest BCUT2D eigenvalue weighted by molar-refractivity contribution is 0.102. The fraction of sp³-hybridized carbons (Fsp3) is 0.208. The number of nitrogens with one attached hydrogen (secondary N) is 2. The normalized spacial score (nSPS) is 13.9. The van der Waals surface area contributed by atoms with Gasteiger partial charge >= 0.3 is 0 Å². The van der Waals surface area contributed by atoms with Gasteiger partial charge in [-0.1, -0.05) is 0 Å². The first-order valence-electron chi connectivity index (χ1n) is 10.9. The van der Waals surface area contributed by atoms with Crippen LogP contribution in [0.15, 0.2) is 72.1 Å². The molecular formula is C24H24F2N6O2S. The van der Waals surface area contributed by atoms with Crippen molar-refractivity contribution in [2.45, 2.75) is 17.9 Å². The van der Waals surface area contributed by atoms with Gasteiger partial charge in [-0.3, -0.25) is 4.79 Å². The van der Waals surface area contributed by atoms with Crippen molar-refractivity contribution in [3.63, 3.8) is 0 Å². The molecule has 1 unspecified atom stereocenters. The fourth-order valence-corrected chi connectivity index (χ4v) is 4.16. The summed E-state index contributed by atoms with van der Waals surface area (Å²) in [5, 5.41) is 7.50. The Labute approximate surface area is 203 Å². The highest BCUT2D eigenvalue weighted by atomic mass is 32.2. The highest BCUT2D eigenvalue weighted by molar-refractivity contribution is 7.82. The van der Waals surface area contributed by atoms with Gasteiger partial charge in [0.25, 0.3) is 5.91 Å². The fourth-order valence-electron chi connectivity index (χ4n) is 3.61. The van der Waals surface area contributed by atoms with Crippen molar-refractivity contribution in [2.75, 3.05) is 30.4 Å². The summed E-state index contributed by atoms with van der Waals surface area (Å²) in [4.78, 5) is 19.1. The summed E-state index contributed by atoms with van der Waals surface area (Å²) in [6.45, 7) is 2.08. The summed E-state index contributed by atoms with van der Waals surface area (Å²) in [5.41, 5.74) is 2.90. The van der Waals surface area contributed by atoms with E-state index in [1.807, 2.05) is 18.3 Å². The first-order valence-corrected chi connectivity index (χ1v) is 12.1. The van der Waals surface area contributed by atoms with Crippen LogP contribution in [0.1, 0.15) is 23.2 Å². The lowest BCUT2D eigenvalue weighted by Gasteiger charge is -2.17. The molecule has 2 N–H and O–H groups in total. The van der Waals surface area contributed by atoms with E-state index in [0.29, 0.717) is 16.3 Å². The number of rotatable bonds is 5. The molecule has 1 aromatic carbocycles. The smallest absolute Gasteiger partial charge is 0.259 e. The van der Waals surface area contributed by atoms with E-state index >= 15 is 0 Å². The Bertz CT molecular complexity index is 1300. The predicted molar refractivity (Wildman–Crippen MR) is 131 cm³/mol. The van der Waals surface area contributed by atoms with Crippen LogP contribution in [0, 0.1) is 11.6 Å². The van der Waals surface area contributed by atoms with Gasteiger partial charge in [0.2, 0.25) is 0 Å². The number of pyridine rings is 2. The van der Waals surface area contributed by atoms with Crippen LogP contribution in [-0.4, -0.2) is 44.9 Å². The SMILES string of the molecule is CNS(=O)c1ccc(NC(=O)c2cnn3ccc(N4CCCC4)cc23)cn1.Fc1ccc(F)cc1. The van der Waals surface area contributed by atoms with E-state index in [4.69, 9.17) is 0 Å². The minimum atomic E-state index is -1.36. The third kappa shape index (κ3) is 6.06. The second kappa shape index (κ2) is 11.2. The van der Waals surface area contributed by atoms with Crippen LogP contribution >= 0.6 is 0 Å². The Morgan fingerprint density at radius 1 is 1.00 bits per heavy atom. The average molecular weight is 499 g/mol. The summed E-state index contributed by atoms with van der Waals surface area (Å²) in [6, 6.07) is 11.6. The summed E-state index contributed by atoms with van der Waals surface area (Å²) in [5.74, 6) is -1.08. The van der Waals surface area contributed by atoms with E-state index in [0.717, 1.165) is 48.6 Å². The first-order chi connectivity index (χ1) is 16.9. The Morgan fingerprint density at radius 3 is 2.29 bits per heavy atom. The molecule has 182 valence electrons. The standard InChI is InChI=1S/C18H20N6O2S.C6H4F2/c1-19-27(26)17-5-4-13(11-20-17)22-18(25)15-12-21-24-9-6-14(10-16(15)24)23-7-2-3-8-23;7-5-1-2-6(8)4-3-5/h4-6,9-12,19H,2-3,7-8H2,1H3,(H,22,25);1-4H. The molecule has 0 spiro atoms. The number of hydrogen-bond donors (Lipinski definition) is 2. The van der Waals surface area contributed by atoms with Crippen LogP contribution in [0.4, 0.5) is 20.2 Å². The molecule has 0 bridgehead atoms. The predicted octanol–water partition coefficient (Wildman–Crippen LogP) is 3.79. The Balaban J connectivity index is 0.000000308. The molecule has 1 aliphatic rings. The third-order valence-corrected chi connectivity index (χ3v) is 6.39. The summed E-state index contributed by atoms with van der Waals surface area (Å²) in [7, 11) is 0.237. The number of aromatic nitrogens is 3. The average Bonchev–Trinajstić information content (AvgIpc) is 3.56. The molecule has 4 aromatic rings. The molecule has 0 radical (unpaired) electrons. The lowest BCUT2D eigenvalue weighted by Crippen LogP contribution is -2.18. The largest absolute Gasteiger partial charge is 0.371 e. The van der Waals surface area contributed by atoms with Crippen LogP contribution in [0.5, 0.6) is 0 Å². The van der Waals surface area contributed by atoms with E-state index in [9.17, 15) is 17.8 Å². The van der Waals surface area contributed by atoms with Gasteiger partial charge in [0.1, 0.15) is 27.6 Å². The monoisotopic (exact) mass is 498 g/mol. The van der Waals surface area contributed by atoms with Crippen LogP contribution < -0.4 is 14.9 Å². The van der Waals surface area contributed by atoms with E-state index in [1.54, 1.807) is 29.9 Å². The van der Waals surface area contributed by atoms with Crippen LogP contribution in [-0.2, 0) is 11.0 Å². The summed E-state index contributed by atoms with van der Waals surface area (Å²) >= 11 is 0. The molecule has 3 aromatic heterocycles. The molecule has 0 saturated carbocycles. The van der Waals surface area contributed by atoms with Crippen molar-refractivity contribution in [1.29, 1.82) is 0 Å². The number of halogens is 2. The molecular weight excluding hydrogens is 474 g/mol. The van der Waals surface area contributed by atoms with Gasteiger partial charge < -0.3 is 10.2 Å².